The average molecular weight is 387 g/mol. The highest BCUT2D eigenvalue weighted by Crippen LogP contribution is 2.44. The summed E-state index contributed by atoms with van der Waals surface area (Å²) in [5.41, 5.74) is 5.94. The number of benzene rings is 3. The van der Waals surface area contributed by atoms with Crippen LogP contribution < -0.4 is 5.32 Å². The van der Waals surface area contributed by atoms with E-state index in [4.69, 9.17) is 4.74 Å². The molecule has 0 aromatic heterocycles. The predicted octanol–water partition coefficient (Wildman–Crippen LogP) is 4.38. The lowest BCUT2D eigenvalue weighted by Gasteiger charge is -2.17. The fourth-order valence-corrected chi connectivity index (χ4v) is 4.03. The number of alkyl carbamates (subject to hydrolysis) is 1. The first-order valence-electron chi connectivity index (χ1n) is 10.00. The monoisotopic (exact) mass is 387 g/mol. The Labute approximate surface area is 171 Å². The van der Waals surface area contributed by atoms with E-state index in [2.05, 4.69) is 29.6 Å². The second-order valence-corrected chi connectivity index (χ2v) is 7.44. The van der Waals surface area contributed by atoms with E-state index in [0.29, 0.717) is 19.6 Å². The van der Waals surface area contributed by atoms with E-state index in [1.165, 1.54) is 22.3 Å². The Hall–Kier alpha value is -3.11. The van der Waals surface area contributed by atoms with Crippen LogP contribution in [0.15, 0.2) is 78.9 Å². The molecule has 0 spiro atoms. The molecule has 1 aliphatic carbocycles. The van der Waals surface area contributed by atoms with Gasteiger partial charge in [-0.05, 0) is 34.2 Å². The molecule has 4 nitrogen and oxygen atoms in total. The van der Waals surface area contributed by atoms with Gasteiger partial charge in [0, 0.05) is 25.0 Å². The fourth-order valence-electron chi connectivity index (χ4n) is 4.03. The molecular weight excluding hydrogens is 362 g/mol. The topological polar surface area (TPSA) is 58.6 Å². The second kappa shape index (κ2) is 8.93. The Morgan fingerprint density at radius 1 is 0.897 bits per heavy atom. The number of hydrogen-bond acceptors (Lipinski definition) is 3. The molecule has 0 saturated carbocycles. The van der Waals surface area contributed by atoms with Gasteiger partial charge < -0.3 is 15.2 Å². The van der Waals surface area contributed by atoms with E-state index < -0.39 is 6.09 Å². The van der Waals surface area contributed by atoms with Crippen molar-refractivity contribution in [2.75, 3.05) is 19.8 Å². The Morgan fingerprint density at radius 3 is 2.10 bits per heavy atom. The van der Waals surface area contributed by atoms with Gasteiger partial charge in [0.05, 0.1) is 0 Å². The highest BCUT2D eigenvalue weighted by molar-refractivity contribution is 5.79. The molecule has 4 rings (SSSR count). The molecule has 0 unspecified atom stereocenters. The van der Waals surface area contributed by atoms with Crippen LogP contribution in [0.3, 0.4) is 0 Å². The van der Waals surface area contributed by atoms with Crippen molar-refractivity contribution in [2.45, 2.75) is 12.3 Å². The standard InChI is InChI=1S/C25H25NO3/c27-16-19(14-18-8-2-1-3-9-18)15-26-25(28)29-17-24-22-12-6-4-10-20(22)21-11-5-7-13-23(21)24/h1-13,19,24,27H,14-17H2,(H,26,28)/t19-/m1/s1. The van der Waals surface area contributed by atoms with Crippen molar-refractivity contribution in [2.24, 2.45) is 5.92 Å². The van der Waals surface area contributed by atoms with Crippen LogP contribution in [-0.2, 0) is 11.2 Å². The van der Waals surface area contributed by atoms with Gasteiger partial charge >= 0.3 is 6.09 Å². The van der Waals surface area contributed by atoms with E-state index in [9.17, 15) is 9.90 Å². The molecule has 3 aromatic rings. The van der Waals surface area contributed by atoms with Crippen molar-refractivity contribution in [1.29, 1.82) is 0 Å². The summed E-state index contributed by atoms with van der Waals surface area (Å²) in [5.74, 6) is 0.00369. The van der Waals surface area contributed by atoms with Gasteiger partial charge in [0.2, 0.25) is 0 Å². The van der Waals surface area contributed by atoms with Gasteiger partial charge in [0.25, 0.3) is 0 Å². The Bertz CT molecular complexity index is 925. The van der Waals surface area contributed by atoms with E-state index in [1.54, 1.807) is 0 Å². The van der Waals surface area contributed by atoms with Crippen molar-refractivity contribution < 1.29 is 14.6 Å². The summed E-state index contributed by atoms with van der Waals surface area (Å²) in [4.78, 5) is 12.3. The van der Waals surface area contributed by atoms with E-state index >= 15 is 0 Å². The number of carbonyl (C=O) groups excluding carboxylic acids is 1. The summed E-state index contributed by atoms with van der Waals surface area (Å²) in [7, 11) is 0. The van der Waals surface area contributed by atoms with Crippen LogP contribution in [0.1, 0.15) is 22.6 Å². The molecule has 29 heavy (non-hydrogen) atoms. The van der Waals surface area contributed by atoms with Gasteiger partial charge in [0.15, 0.2) is 0 Å². The van der Waals surface area contributed by atoms with Crippen molar-refractivity contribution >= 4 is 6.09 Å². The number of fused-ring (bicyclic) bond motifs is 3. The van der Waals surface area contributed by atoms with Crippen molar-refractivity contribution in [3.05, 3.63) is 95.6 Å². The Balaban J connectivity index is 1.34. The maximum Gasteiger partial charge on any atom is 0.407 e. The maximum atomic E-state index is 12.3. The summed E-state index contributed by atoms with van der Waals surface area (Å²) in [6.07, 6.45) is 0.263. The van der Waals surface area contributed by atoms with E-state index in [-0.39, 0.29) is 18.4 Å². The first-order chi connectivity index (χ1) is 14.3. The lowest BCUT2D eigenvalue weighted by molar-refractivity contribution is 0.138. The first-order valence-corrected chi connectivity index (χ1v) is 10.00. The van der Waals surface area contributed by atoms with Crippen LogP contribution in [-0.4, -0.2) is 31.0 Å². The summed E-state index contributed by atoms with van der Waals surface area (Å²) in [6.45, 7) is 0.683. The lowest BCUT2D eigenvalue weighted by atomic mass is 9.98. The van der Waals surface area contributed by atoms with Crippen LogP contribution in [0.4, 0.5) is 4.79 Å². The number of aliphatic hydroxyl groups excluding tert-OH is 1. The van der Waals surface area contributed by atoms with Gasteiger partial charge in [-0.25, -0.2) is 4.79 Å². The first kappa shape index (κ1) is 19.2. The molecule has 4 heteroatoms. The molecule has 0 radical (unpaired) electrons. The third kappa shape index (κ3) is 4.33. The Morgan fingerprint density at radius 2 is 1.48 bits per heavy atom. The molecule has 0 bridgehead atoms. The Kier molecular flexibility index (Phi) is 5.92. The van der Waals surface area contributed by atoms with Gasteiger partial charge in [-0.3, -0.25) is 0 Å². The highest BCUT2D eigenvalue weighted by atomic mass is 16.5. The van der Waals surface area contributed by atoms with Crippen LogP contribution in [0.25, 0.3) is 11.1 Å². The zero-order chi connectivity index (χ0) is 20.1. The lowest BCUT2D eigenvalue weighted by Crippen LogP contribution is -2.33. The highest BCUT2D eigenvalue weighted by Gasteiger charge is 2.29. The van der Waals surface area contributed by atoms with Crippen LogP contribution in [0.2, 0.25) is 0 Å². The number of amides is 1. The second-order valence-electron chi connectivity index (χ2n) is 7.44. The molecule has 2 N–H and O–H groups in total. The predicted molar refractivity (Wildman–Crippen MR) is 114 cm³/mol. The minimum atomic E-state index is -0.446. The van der Waals surface area contributed by atoms with E-state index in [0.717, 1.165) is 5.56 Å². The molecule has 1 atom stereocenters. The van der Waals surface area contributed by atoms with Crippen molar-refractivity contribution in [3.63, 3.8) is 0 Å². The maximum absolute atomic E-state index is 12.3. The summed E-state index contributed by atoms with van der Waals surface area (Å²) >= 11 is 0. The average Bonchev–Trinajstić information content (AvgIpc) is 3.09. The molecule has 148 valence electrons. The molecule has 0 heterocycles. The number of rotatable bonds is 7. The molecular formula is C25H25NO3. The number of nitrogens with one attached hydrogen (secondary N) is 1. The molecule has 0 fully saturated rings. The largest absolute Gasteiger partial charge is 0.449 e. The van der Waals surface area contributed by atoms with Gasteiger partial charge in [0.1, 0.15) is 6.61 Å². The zero-order valence-electron chi connectivity index (χ0n) is 16.3. The zero-order valence-corrected chi connectivity index (χ0v) is 16.3. The third-order valence-electron chi connectivity index (χ3n) is 5.50. The third-order valence-corrected chi connectivity index (χ3v) is 5.50. The fraction of sp³-hybridized carbons (Fsp3) is 0.240. The minimum Gasteiger partial charge on any atom is -0.449 e. The van der Waals surface area contributed by atoms with Crippen LogP contribution in [0.5, 0.6) is 0 Å². The van der Waals surface area contributed by atoms with E-state index in [1.807, 2.05) is 54.6 Å². The molecule has 0 aliphatic heterocycles. The van der Waals surface area contributed by atoms with Gasteiger partial charge in [-0.2, -0.15) is 0 Å². The normalized spacial score (nSPS) is 13.4. The van der Waals surface area contributed by atoms with Gasteiger partial charge in [-0.1, -0.05) is 78.9 Å². The van der Waals surface area contributed by atoms with Crippen molar-refractivity contribution in [3.8, 4) is 11.1 Å². The smallest absolute Gasteiger partial charge is 0.407 e. The number of carbonyl (C=O) groups is 1. The molecule has 1 amide bonds. The van der Waals surface area contributed by atoms with Gasteiger partial charge in [-0.15, -0.1) is 0 Å². The van der Waals surface area contributed by atoms with Crippen LogP contribution in [0, 0.1) is 5.92 Å². The summed E-state index contributed by atoms with van der Waals surface area (Å²) in [6, 6.07) is 26.5. The summed E-state index contributed by atoms with van der Waals surface area (Å²) < 4.78 is 5.55. The molecule has 1 aliphatic rings. The molecule has 3 aromatic carbocycles. The number of ether oxygens (including phenoxy) is 1. The SMILES string of the molecule is O=C(NC[C@H](CO)Cc1ccccc1)OCC1c2ccccc2-c2ccccc21. The van der Waals surface area contributed by atoms with Crippen molar-refractivity contribution in [1.82, 2.24) is 5.32 Å². The number of aliphatic hydroxyl groups is 1. The quantitative estimate of drug-likeness (QED) is 0.633. The van der Waals surface area contributed by atoms with Crippen LogP contribution >= 0.6 is 0 Å². The minimum absolute atomic E-state index is 0.0125. The number of hydrogen-bond donors (Lipinski definition) is 2. The summed E-state index contributed by atoms with van der Waals surface area (Å²) in [5, 5.41) is 12.4. The molecule has 0 saturated heterocycles.